The summed E-state index contributed by atoms with van der Waals surface area (Å²) in [5, 5.41) is 5.51. The first kappa shape index (κ1) is 21.3. The molecule has 0 saturated heterocycles. The van der Waals surface area contributed by atoms with Crippen LogP contribution in [0.2, 0.25) is 0 Å². The molecule has 3 aromatic carbocycles. The molecule has 0 bridgehead atoms. The maximum Gasteiger partial charge on any atom is 0.255 e. The quantitative estimate of drug-likeness (QED) is 0.467. The Morgan fingerprint density at radius 2 is 1.16 bits per heavy atom. The van der Waals surface area contributed by atoms with Gasteiger partial charge in [0.05, 0.1) is 0 Å². The van der Waals surface area contributed by atoms with Gasteiger partial charge in [-0.05, 0) is 54.1 Å². The molecule has 31 heavy (non-hydrogen) atoms. The van der Waals surface area contributed by atoms with Gasteiger partial charge in [0.2, 0.25) is 11.8 Å². The third kappa shape index (κ3) is 5.54. The first-order valence-corrected chi connectivity index (χ1v) is 9.32. The maximum absolute atomic E-state index is 12.5. The highest BCUT2D eigenvalue weighted by atomic mass is 16.2. The zero-order valence-electron chi connectivity index (χ0n) is 16.4. The Morgan fingerprint density at radius 1 is 0.645 bits per heavy atom. The van der Waals surface area contributed by atoms with Crippen molar-refractivity contribution in [3.63, 3.8) is 0 Å². The van der Waals surface area contributed by atoms with Gasteiger partial charge >= 0.3 is 0 Å². The summed E-state index contributed by atoms with van der Waals surface area (Å²) in [5.41, 5.74) is 12.9. The van der Waals surface area contributed by atoms with Crippen LogP contribution in [0.15, 0.2) is 72.8 Å². The fourth-order valence-corrected chi connectivity index (χ4v) is 2.87. The number of hydrogen-bond donors (Lipinski definition) is 4. The Labute approximate surface area is 178 Å². The van der Waals surface area contributed by atoms with Crippen molar-refractivity contribution in [3.05, 3.63) is 101 Å². The van der Waals surface area contributed by atoms with Crippen molar-refractivity contribution in [1.29, 1.82) is 0 Å². The van der Waals surface area contributed by atoms with E-state index >= 15 is 0 Å². The first-order valence-electron chi connectivity index (χ1n) is 9.32. The highest BCUT2D eigenvalue weighted by Crippen LogP contribution is 2.14. The molecule has 0 heterocycles. The van der Waals surface area contributed by atoms with Gasteiger partial charge in [0.15, 0.2) is 0 Å². The van der Waals surface area contributed by atoms with Crippen LogP contribution in [0.4, 0.5) is 5.69 Å². The maximum atomic E-state index is 12.5. The Bertz CT molecular complexity index is 1170. The fraction of sp³-hybridized carbons (Fsp3) is 0.0435. The molecular weight excluding hydrogens is 396 g/mol. The van der Waals surface area contributed by atoms with E-state index in [0.29, 0.717) is 16.8 Å². The number of rotatable bonds is 7. The summed E-state index contributed by atoms with van der Waals surface area (Å²) in [7, 11) is 0. The van der Waals surface area contributed by atoms with Gasteiger partial charge in [0, 0.05) is 34.5 Å². The van der Waals surface area contributed by atoms with E-state index in [0.717, 1.165) is 5.56 Å². The summed E-state index contributed by atoms with van der Waals surface area (Å²) in [5.74, 6) is -1.98. The number of carbonyl (C=O) groups excluding carboxylic acids is 4. The number of nitrogens with one attached hydrogen (secondary N) is 2. The fourth-order valence-electron chi connectivity index (χ4n) is 2.87. The Balaban J connectivity index is 1.65. The largest absolute Gasteiger partial charge is 0.366 e. The molecule has 0 aliphatic carbocycles. The van der Waals surface area contributed by atoms with Crippen molar-refractivity contribution >= 4 is 29.3 Å². The Hall–Kier alpha value is -4.46. The molecule has 3 rings (SSSR count). The van der Waals surface area contributed by atoms with Crippen LogP contribution < -0.4 is 22.1 Å². The highest BCUT2D eigenvalue weighted by Gasteiger charge is 2.11. The van der Waals surface area contributed by atoms with Gasteiger partial charge in [-0.2, -0.15) is 0 Å². The molecule has 8 heteroatoms. The highest BCUT2D eigenvalue weighted by molar-refractivity contribution is 6.06. The van der Waals surface area contributed by atoms with E-state index in [9.17, 15) is 19.2 Å². The summed E-state index contributed by atoms with van der Waals surface area (Å²) in [6, 6.07) is 19.2. The molecule has 4 amide bonds. The summed E-state index contributed by atoms with van der Waals surface area (Å²) in [6.07, 6.45) is 0. The van der Waals surface area contributed by atoms with Gasteiger partial charge in [0.25, 0.3) is 11.8 Å². The predicted molar refractivity (Wildman–Crippen MR) is 115 cm³/mol. The van der Waals surface area contributed by atoms with Crippen LogP contribution in [-0.2, 0) is 6.54 Å². The van der Waals surface area contributed by atoms with Gasteiger partial charge in [0.1, 0.15) is 0 Å². The number of anilines is 1. The van der Waals surface area contributed by atoms with Crippen molar-refractivity contribution in [2.24, 2.45) is 11.5 Å². The molecule has 0 unspecified atom stereocenters. The number of amides is 4. The second kappa shape index (κ2) is 9.36. The van der Waals surface area contributed by atoms with Crippen molar-refractivity contribution in [1.82, 2.24) is 5.32 Å². The summed E-state index contributed by atoms with van der Waals surface area (Å²) >= 11 is 0. The monoisotopic (exact) mass is 416 g/mol. The van der Waals surface area contributed by atoms with Gasteiger partial charge in [-0.15, -0.1) is 0 Å². The van der Waals surface area contributed by atoms with Crippen LogP contribution in [0.3, 0.4) is 0 Å². The molecule has 0 atom stereocenters. The zero-order chi connectivity index (χ0) is 22.4. The SMILES string of the molecule is NC(=O)c1cccc(C(=O)NCc2cccc(NC(=O)c3cccc(C(N)=O)c3)c2)c1. The zero-order valence-corrected chi connectivity index (χ0v) is 16.4. The van der Waals surface area contributed by atoms with E-state index in [-0.39, 0.29) is 23.6 Å². The van der Waals surface area contributed by atoms with Gasteiger partial charge in [-0.25, -0.2) is 0 Å². The van der Waals surface area contributed by atoms with E-state index in [1.54, 1.807) is 48.5 Å². The molecule has 0 aliphatic heterocycles. The van der Waals surface area contributed by atoms with E-state index in [1.807, 2.05) is 0 Å². The molecule has 156 valence electrons. The minimum Gasteiger partial charge on any atom is -0.366 e. The number of nitrogens with two attached hydrogens (primary N) is 2. The molecule has 0 fully saturated rings. The van der Waals surface area contributed by atoms with Crippen LogP contribution in [0.25, 0.3) is 0 Å². The van der Waals surface area contributed by atoms with E-state index in [1.165, 1.54) is 24.3 Å². The molecular formula is C23H20N4O4. The van der Waals surface area contributed by atoms with E-state index in [4.69, 9.17) is 11.5 Å². The average Bonchev–Trinajstić information content (AvgIpc) is 2.77. The lowest BCUT2D eigenvalue weighted by Gasteiger charge is -2.10. The van der Waals surface area contributed by atoms with Crippen molar-refractivity contribution in [2.75, 3.05) is 5.32 Å². The minimum absolute atomic E-state index is 0.209. The van der Waals surface area contributed by atoms with E-state index in [2.05, 4.69) is 10.6 Å². The molecule has 0 saturated carbocycles. The summed E-state index contributed by atoms with van der Waals surface area (Å²) < 4.78 is 0. The standard InChI is InChI=1S/C23H20N4O4/c24-20(28)15-5-2-7-17(11-15)22(30)26-13-14-4-1-9-19(10-14)27-23(31)18-8-3-6-16(12-18)21(25)29/h1-12H,13H2,(H2,24,28)(H2,25,29)(H,26,30)(H,27,31). The second-order valence-corrected chi connectivity index (χ2v) is 6.73. The average molecular weight is 416 g/mol. The normalized spacial score (nSPS) is 10.2. The van der Waals surface area contributed by atoms with Crippen LogP contribution in [0.1, 0.15) is 47.0 Å². The van der Waals surface area contributed by atoms with Gasteiger partial charge < -0.3 is 22.1 Å². The summed E-state index contributed by atoms with van der Waals surface area (Å²) in [4.78, 5) is 47.4. The van der Waals surface area contributed by atoms with Crippen LogP contribution in [-0.4, -0.2) is 23.6 Å². The number of benzene rings is 3. The predicted octanol–water partition coefficient (Wildman–Crippen LogP) is 2.07. The lowest BCUT2D eigenvalue weighted by molar-refractivity contribution is 0.0948. The lowest BCUT2D eigenvalue weighted by atomic mass is 10.1. The Kier molecular flexibility index (Phi) is 6.42. The van der Waals surface area contributed by atoms with Gasteiger partial charge in [-0.3, -0.25) is 19.2 Å². The van der Waals surface area contributed by atoms with Crippen LogP contribution in [0, 0.1) is 0 Å². The van der Waals surface area contributed by atoms with Crippen molar-refractivity contribution in [3.8, 4) is 0 Å². The topological polar surface area (TPSA) is 144 Å². The molecule has 3 aromatic rings. The van der Waals surface area contributed by atoms with Crippen molar-refractivity contribution < 1.29 is 19.2 Å². The van der Waals surface area contributed by atoms with Crippen molar-refractivity contribution in [2.45, 2.75) is 6.54 Å². The number of carbonyl (C=O) groups is 4. The van der Waals surface area contributed by atoms with E-state index < -0.39 is 17.7 Å². The number of hydrogen-bond acceptors (Lipinski definition) is 4. The van der Waals surface area contributed by atoms with Gasteiger partial charge in [-0.1, -0.05) is 24.3 Å². The third-order valence-electron chi connectivity index (χ3n) is 4.46. The molecule has 0 radical (unpaired) electrons. The summed E-state index contributed by atoms with van der Waals surface area (Å²) in [6.45, 7) is 0.209. The molecule has 0 aliphatic rings. The lowest BCUT2D eigenvalue weighted by Crippen LogP contribution is -2.23. The smallest absolute Gasteiger partial charge is 0.255 e. The van der Waals surface area contributed by atoms with Crippen LogP contribution in [0.5, 0.6) is 0 Å². The molecule has 0 aromatic heterocycles. The molecule has 8 nitrogen and oxygen atoms in total. The molecule has 6 N–H and O–H groups in total. The molecule has 0 spiro atoms. The third-order valence-corrected chi connectivity index (χ3v) is 4.46. The first-order chi connectivity index (χ1) is 14.8. The minimum atomic E-state index is -0.617. The Morgan fingerprint density at radius 3 is 1.74 bits per heavy atom. The van der Waals surface area contributed by atoms with Crippen LogP contribution >= 0.6 is 0 Å². The second-order valence-electron chi connectivity index (χ2n) is 6.73. The number of primary amides is 2.